The number of likely N-dealkylation sites (tertiary alicyclic amines) is 1. The van der Waals surface area contributed by atoms with Gasteiger partial charge >= 0.3 is 6.03 Å². The third-order valence-corrected chi connectivity index (χ3v) is 6.14. The number of nitrogens with zero attached hydrogens (tertiary/aromatic N) is 5. The van der Waals surface area contributed by atoms with Crippen molar-refractivity contribution < 1.29 is 9.90 Å². The van der Waals surface area contributed by atoms with Gasteiger partial charge in [0.25, 0.3) is 0 Å². The zero-order valence-corrected chi connectivity index (χ0v) is 15.6. The van der Waals surface area contributed by atoms with Crippen molar-refractivity contribution in [3.63, 3.8) is 0 Å². The van der Waals surface area contributed by atoms with Crippen LogP contribution in [0.5, 0.6) is 0 Å². The van der Waals surface area contributed by atoms with Crippen LogP contribution in [0.15, 0.2) is 55.5 Å². The fraction of sp³-hybridized carbons (Fsp3) is 0.381. The summed E-state index contributed by atoms with van der Waals surface area (Å²) in [5.41, 5.74) is 3.58. The van der Waals surface area contributed by atoms with E-state index in [0.29, 0.717) is 19.5 Å². The first-order chi connectivity index (χ1) is 13.7. The highest BCUT2D eigenvalue weighted by molar-refractivity contribution is 5.76. The minimum Gasteiger partial charge on any atom is -0.393 e. The first kappa shape index (κ1) is 17.2. The molecule has 7 heteroatoms. The summed E-state index contributed by atoms with van der Waals surface area (Å²) >= 11 is 0. The van der Waals surface area contributed by atoms with Crippen LogP contribution in [0.2, 0.25) is 0 Å². The van der Waals surface area contributed by atoms with Crippen molar-refractivity contribution in [3.8, 4) is 11.3 Å². The Morgan fingerprint density at radius 2 is 2.00 bits per heavy atom. The van der Waals surface area contributed by atoms with Crippen molar-refractivity contribution in [3.05, 3.63) is 61.1 Å². The van der Waals surface area contributed by atoms with Crippen molar-refractivity contribution in [2.75, 3.05) is 13.1 Å². The molecule has 0 saturated carbocycles. The molecular weight excluding hydrogens is 354 g/mol. The summed E-state index contributed by atoms with van der Waals surface area (Å²) in [4.78, 5) is 22.5. The Morgan fingerprint density at radius 1 is 1.18 bits per heavy atom. The van der Waals surface area contributed by atoms with Crippen LogP contribution in [-0.4, -0.2) is 54.3 Å². The summed E-state index contributed by atoms with van der Waals surface area (Å²) in [6, 6.07) is 8.44. The molecule has 28 heavy (non-hydrogen) atoms. The number of imidazole rings is 2. The highest BCUT2D eigenvalue weighted by atomic mass is 16.3. The Kier molecular flexibility index (Phi) is 4.24. The second-order valence-electron chi connectivity index (χ2n) is 7.67. The molecule has 7 nitrogen and oxygen atoms in total. The predicted molar refractivity (Wildman–Crippen MR) is 104 cm³/mol. The number of carbonyl (C=O) groups excluding carboxylic acids is 1. The Balaban J connectivity index is 1.25. The van der Waals surface area contributed by atoms with Gasteiger partial charge in [0.1, 0.15) is 6.33 Å². The third-order valence-electron chi connectivity index (χ3n) is 6.14. The molecule has 1 unspecified atom stereocenters. The molecule has 2 aliphatic heterocycles. The molecule has 0 spiro atoms. The molecule has 0 aliphatic carbocycles. The van der Waals surface area contributed by atoms with Gasteiger partial charge in [-0.25, -0.2) is 14.8 Å². The maximum absolute atomic E-state index is 12.4. The largest absolute Gasteiger partial charge is 0.393 e. The molecule has 4 heterocycles. The smallest absolute Gasteiger partial charge is 0.329 e. The number of carbonyl (C=O) groups is 1. The third kappa shape index (κ3) is 2.82. The summed E-state index contributed by atoms with van der Waals surface area (Å²) in [5, 5.41) is 11.0. The van der Waals surface area contributed by atoms with E-state index in [1.54, 1.807) is 12.4 Å². The van der Waals surface area contributed by atoms with Gasteiger partial charge in [0.05, 0.1) is 30.4 Å². The van der Waals surface area contributed by atoms with Crippen LogP contribution in [0.25, 0.3) is 11.3 Å². The highest BCUT2D eigenvalue weighted by Crippen LogP contribution is 2.42. The van der Waals surface area contributed by atoms with E-state index in [-0.39, 0.29) is 18.0 Å². The standard InChI is InChI=1S/C21H23N5O2/c27-20(15-5-8-24(9-6-15)21(28)25-10-7-22-13-25)11-18-16-3-1-2-4-17(16)19-12-23-14-26(18)19/h1-4,7,10,12-15,18,20,27H,5-6,8-9,11H2/t18?,20-/m1/s1. The number of hydrogen-bond donors (Lipinski definition) is 1. The molecule has 0 bridgehead atoms. The van der Waals surface area contributed by atoms with Gasteiger partial charge in [-0.2, -0.15) is 0 Å². The van der Waals surface area contributed by atoms with E-state index in [0.717, 1.165) is 18.5 Å². The van der Waals surface area contributed by atoms with Crippen molar-refractivity contribution in [2.45, 2.75) is 31.4 Å². The van der Waals surface area contributed by atoms with Crippen LogP contribution in [0.3, 0.4) is 0 Å². The normalized spacial score (nSPS) is 20.0. The van der Waals surface area contributed by atoms with Crippen LogP contribution in [0.1, 0.15) is 30.9 Å². The number of hydrogen-bond acceptors (Lipinski definition) is 4. The molecule has 1 fully saturated rings. The first-order valence-corrected chi connectivity index (χ1v) is 9.79. The zero-order chi connectivity index (χ0) is 19.1. The molecule has 2 atom stereocenters. The maximum Gasteiger partial charge on any atom is 0.329 e. The number of aromatic nitrogens is 4. The van der Waals surface area contributed by atoms with E-state index in [4.69, 9.17) is 0 Å². The lowest BCUT2D eigenvalue weighted by atomic mass is 9.86. The van der Waals surface area contributed by atoms with E-state index >= 15 is 0 Å². The molecule has 1 saturated heterocycles. The van der Waals surface area contributed by atoms with E-state index < -0.39 is 6.10 Å². The van der Waals surface area contributed by atoms with Gasteiger partial charge in [-0.05, 0) is 30.7 Å². The lowest BCUT2D eigenvalue weighted by molar-refractivity contribution is 0.0540. The fourth-order valence-corrected chi connectivity index (χ4v) is 4.61. The number of rotatable bonds is 3. The van der Waals surface area contributed by atoms with Crippen LogP contribution < -0.4 is 0 Å². The number of fused-ring (bicyclic) bond motifs is 3. The molecule has 3 aromatic rings. The minimum absolute atomic E-state index is 0.0433. The number of piperidine rings is 1. The van der Waals surface area contributed by atoms with Crippen molar-refractivity contribution in [1.29, 1.82) is 0 Å². The van der Waals surface area contributed by atoms with Crippen LogP contribution >= 0.6 is 0 Å². The Labute approximate surface area is 163 Å². The predicted octanol–water partition coefficient (Wildman–Crippen LogP) is 2.78. The van der Waals surface area contributed by atoms with Crippen molar-refractivity contribution in [1.82, 2.24) is 24.0 Å². The maximum atomic E-state index is 12.4. The average Bonchev–Trinajstić information content (AvgIpc) is 3.47. The second-order valence-corrected chi connectivity index (χ2v) is 7.67. The topological polar surface area (TPSA) is 76.2 Å². The van der Waals surface area contributed by atoms with Gasteiger partial charge in [-0.15, -0.1) is 0 Å². The van der Waals surface area contributed by atoms with Gasteiger partial charge in [-0.3, -0.25) is 4.57 Å². The Hall–Kier alpha value is -2.93. The fourth-order valence-electron chi connectivity index (χ4n) is 4.61. The van der Waals surface area contributed by atoms with Gasteiger partial charge < -0.3 is 14.6 Å². The molecular formula is C21H23N5O2. The summed E-state index contributed by atoms with van der Waals surface area (Å²) in [5.74, 6) is 0.201. The SMILES string of the molecule is O=C(N1CCC([C@H](O)CC2c3ccccc3-c3cncn32)CC1)n1ccnc1. The zero-order valence-electron chi connectivity index (χ0n) is 15.6. The molecule has 2 aromatic heterocycles. The quantitative estimate of drug-likeness (QED) is 0.761. The summed E-state index contributed by atoms with van der Waals surface area (Å²) in [7, 11) is 0. The van der Waals surface area contributed by atoms with Crippen LogP contribution in [0, 0.1) is 5.92 Å². The summed E-state index contributed by atoms with van der Waals surface area (Å²) < 4.78 is 3.68. The van der Waals surface area contributed by atoms with Gasteiger partial charge in [0.15, 0.2) is 0 Å². The number of aliphatic hydroxyl groups excluding tert-OH is 1. The van der Waals surface area contributed by atoms with Gasteiger partial charge in [0, 0.05) is 31.0 Å². The summed E-state index contributed by atoms with van der Waals surface area (Å²) in [6.45, 7) is 1.33. The molecule has 0 radical (unpaired) electrons. The number of aliphatic hydroxyl groups is 1. The molecule has 2 aliphatic rings. The first-order valence-electron chi connectivity index (χ1n) is 9.79. The molecule has 144 valence electrons. The van der Waals surface area contributed by atoms with Gasteiger partial charge in [-0.1, -0.05) is 24.3 Å². The highest BCUT2D eigenvalue weighted by Gasteiger charge is 2.34. The molecule has 1 N–H and O–H groups in total. The van der Waals surface area contributed by atoms with Crippen molar-refractivity contribution in [2.24, 2.45) is 5.92 Å². The van der Waals surface area contributed by atoms with E-state index in [1.165, 1.54) is 22.0 Å². The molecule has 5 rings (SSSR count). The van der Waals surface area contributed by atoms with Crippen LogP contribution in [-0.2, 0) is 0 Å². The monoisotopic (exact) mass is 377 g/mol. The Morgan fingerprint density at radius 3 is 2.79 bits per heavy atom. The van der Waals surface area contributed by atoms with Gasteiger partial charge in [0.2, 0.25) is 0 Å². The lowest BCUT2D eigenvalue weighted by Crippen LogP contribution is -2.43. The van der Waals surface area contributed by atoms with E-state index in [2.05, 4.69) is 32.7 Å². The lowest BCUT2D eigenvalue weighted by Gasteiger charge is -2.35. The van der Waals surface area contributed by atoms with Crippen LogP contribution in [0.4, 0.5) is 4.79 Å². The van der Waals surface area contributed by atoms with E-state index in [1.807, 2.05) is 23.5 Å². The van der Waals surface area contributed by atoms with Crippen molar-refractivity contribution >= 4 is 6.03 Å². The molecule has 1 aromatic carbocycles. The average molecular weight is 377 g/mol. The Bertz CT molecular complexity index is 972. The minimum atomic E-state index is -0.406. The second kappa shape index (κ2) is 6.91. The summed E-state index contributed by atoms with van der Waals surface area (Å²) in [6.07, 6.45) is 10.5. The number of benzene rings is 1. The van der Waals surface area contributed by atoms with E-state index in [9.17, 15) is 9.90 Å². The molecule has 1 amide bonds. The number of amides is 1.